The number of fused-ring (bicyclic) bond motifs is 1. The zero-order chi connectivity index (χ0) is 11.0. The summed E-state index contributed by atoms with van der Waals surface area (Å²) in [4.78, 5) is 6.88. The van der Waals surface area contributed by atoms with Crippen LogP contribution in [0, 0.1) is 0 Å². The van der Waals surface area contributed by atoms with Crippen LogP contribution in [0.3, 0.4) is 0 Å². The Morgan fingerprint density at radius 2 is 2.19 bits per heavy atom. The first-order valence-electron chi connectivity index (χ1n) is 6.34. The van der Waals surface area contributed by atoms with E-state index in [0.29, 0.717) is 12.6 Å². The highest BCUT2D eigenvalue weighted by Gasteiger charge is 2.28. The molecule has 1 fully saturated rings. The number of aromatic nitrogens is 1. The predicted octanol–water partition coefficient (Wildman–Crippen LogP) is 1.48. The monoisotopic (exact) mass is 221 g/mol. The highest BCUT2D eigenvalue weighted by atomic mass is 16.4. The van der Waals surface area contributed by atoms with Crippen LogP contribution in [0.1, 0.15) is 37.1 Å². The summed E-state index contributed by atoms with van der Waals surface area (Å²) in [5.41, 5.74) is 6.96. The second-order valence-electron chi connectivity index (χ2n) is 4.80. The average Bonchev–Trinajstić information content (AvgIpc) is 2.94. The van der Waals surface area contributed by atoms with Crippen molar-refractivity contribution in [3.63, 3.8) is 0 Å². The molecule has 1 aromatic rings. The van der Waals surface area contributed by atoms with Crippen LogP contribution in [-0.2, 0) is 12.8 Å². The fourth-order valence-corrected chi connectivity index (χ4v) is 2.79. The minimum Gasteiger partial charge on any atom is -0.428 e. The number of aryl methyl sites for hydroxylation is 2. The van der Waals surface area contributed by atoms with Gasteiger partial charge in [-0.15, -0.1) is 0 Å². The van der Waals surface area contributed by atoms with Crippen LogP contribution >= 0.6 is 0 Å². The molecule has 1 atom stereocenters. The Labute approximate surface area is 95.8 Å². The van der Waals surface area contributed by atoms with E-state index < -0.39 is 0 Å². The van der Waals surface area contributed by atoms with Gasteiger partial charge in [0.05, 0.1) is 5.69 Å². The van der Waals surface area contributed by atoms with Crippen LogP contribution in [0.15, 0.2) is 4.42 Å². The summed E-state index contributed by atoms with van der Waals surface area (Å²) in [6, 6.07) is 1.25. The molecular formula is C12H19N3O. The number of nitrogens with two attached hydrogens (primary N) is 1. The number of hydrogen-bond acceptors (Lipinski definition) is 4. The summed E-state index contributed by atoms with van der Waals surface area (Å²) in [6.07, 6.45) is 7.00. The molecule has 0 amide bonds. The predicted molar refractivity (Wildman–Crippen MR) is 62.6 cm³/mol. The molecule has 1 unspecified atom stereocenters. The summed E-state index contributed by atoms with van der Waals surface area (Å²) in [7, 11) is 0. The number of hydrogen-bond donors (Lipinski definition) is 1. The van der Waals surface area contributed by atoms with E-state index in [4.69, 9.17) is 10.2 Å². The first-order chi connectivity index (χ1) is 7.88. The lowest BCUT2D eigenvalue weighted by Gasteiger charge is -2.20. The lowest BCUT2D eigenvalue weighted by molar-refractivity contribution is 0.464. The Balaban J connectivity index is 1.86. The SMILES string of the molecule is NCC1CCCN1c1nc2c(o1)CCCC2. The zero-order valence-corrected chi connectivity index (χ0v) is 9.61. The Hall–Kier alpha value is -1.03. The molecule has 4 nitrogen and oxygen atoms in total. The maximum absolute atomic E-state index is 5.88. The van der Waals surface area contributed by atoms with Gasteiger partial charge >= 0.3 is 0 Å². The summed E-state index contributed by atoms with van der Waals surface area (Å²) in [5.74, 6) is 1.11. The summed E-state index contributed by atoms with van der Waals surface area (Å²) < 4.78 is 5.88. The summed E-state index contributed by atoms with van der Waals surface area (Å²) >= 11 is 0. The number of oxazole rings is 1. The molecule has 1 aliphatic heterocycles. The Kier molecular flexibility index (Phi) is 2.59. The Bertz CT molecular complexity index is 351. The third kappa shape index (κ3) is 1.61. The van der Waals surface area contributed by atoms with Gasteiger partial charge in [0.25, 0.3) is 6.01 Å². The van der Waals surface area contributed by atoms with E-state index >= 15 is 0 Å². The lowest BCUT2D eigenvalue weighted by Crippen LogP contribution is -2.35. The fourth-order valence-electron chi connectivity index (χ4n) is 2.79. The molecule has 88 valence electrons. The van der Waals surface area contributed by atoms with Crippen molar-refractivity contribution in [1.29, 1.82) is 0 Å². The van der Waals surface area contributed by atoms with Crippen molar-refractivity contribution in [2.75, 3.05) is 18.0 Å². The molecule has 0 bridgehead atoms. The van der Waals surface area contributed by atoms with Crippen LogP contribution in [0.5, 0.6) is 0 Å². The van der Waals surface area contributed by atoms with Crippen molar-refractivity contribution >= 4 is 6.01 Å². The van der Waals surface area contributed by atoms with E-state index in [1.807, 2.05) is 0 Å². The fraction of sp³-hybridized carbons (Fsp3) is 0.750. The van der Waals surface area contributed by atoms with Gasteiger partial charge in [0.15, 0.2) is 0 Å². The molecule has 4 heteroatoms. The number of rotatable bonds is 2. The second-order valence-corrected chi connectivity index (χ2v) is 4.80. The lowest BCUT2D eigenvalue weighted by atomic mass is 10.0. The van der Waals surface area contributed by atoms with Gasteiger partial charge in [-0.1, -0.05) is 0 Å². The molecule has 0 radical (unpaired) electrons. The Morgan fingerprint density at radius 1 is 1.31 bits per heavy atom. The maximum Gasteiger partial charge on any atom is 0.297 e. The van der Waals surface area contributed by atoms with E-state index in [9.17, 15) is 0 Å². The van der Waals surface area contributed by atoms with E-state index in [1.54, 1.807) is 0 Å². The number of nitrogens with zero attached hydrogens (tertiary/aromatic N) is 2. The third-order valence-electron chi connectivity index (χ3n) is 3.73. The minimum absolute atomic E-state index is 0.431. The van der Waals surface area contributed by atoms with Gasteiger partial charge in [0.1, 0.15) is 5.76 Å². The molecule has 3 rings (SSSR count). The molecule has 1 aliphatic carbocycles. The molecule has 0 saturated carbocycles. The van der Waals surface area contributed by atoms with E-state index in [-0.39, 0.29) is 0 Å². The summed E-state index contributed by atoms with van der Waals surface area (Å²) in [6.45, 7) is 1.74. The minimum atomic E-state index is 0.431. The van der Waals surface area contributed by atoms with Gasteiger partial charge in [-0.2, -0.15) is 4.98 Å². The highest BCUT2D eigenvalue weighted by molar-refractivity contribution is 5.34. The van der Waals surface area contributed by atoms with Gasteiger partial charge in [-0.05, 0) is 32.1 Å². The third-order valence-corrected chi connectivity index (χ3v) is 3.73. The highest BCUT2D eigenvalue weighted by Crippen LogP contribution is 2.29. The molecular weight excluding hydrogens is 202 g/mol. The van der Waals surface area contributed by atoms with Gasteiger partial charge in [-0.3, -0.25) is 0 Å². The maximum atomic E-state index is 5.88. The van der Waals surface area contributed by atoms with Crippen molar-refractivity contribution in [3.8, 4) is 0 Å². The molecule has 1 saturated heterocycles. The molecule has 2 heterocycles. The molecule has 0 aromatic carbocycles. The standard InChI is InChI=1S/C12H19N3O/c13-8-9-4-3-7-15(9)12-14-10-5-1-2-6-11(10)16-12/h9H,1-8,13H2. The molecule has 0 spiro atoms. The molecule has 16 heavy (non-hydrogen) atoms. The normalized spacial score (nSPS) is 24.8. The van der Waals surface area contributed by atoms with Gasteiger partial charge in [-0.25, -0.2) is 0 Å². The first-order valence-corrected chi connectivity index (χ1v) is 6.34. The van der Waals surface area contributed by atoms with Crippen LogP contribution in [0.2, 0.25) is 0 Å². The van der Waals surface area contributed by atoms with Crippen LogP contribution in [-0.4, -0.2) is 24.1 Å². The summed E-state index contributed by atoms with van der Waals surface area (Å²) in [5, 5.41) is 0. The van der Waals surface area contributed by atoms with Crippen molar-refractivity contribution < 1.29 is 4.42 Å². The van der Waals surface area contributed by atoms with Crippen LogP contribution in [0.4, 0.5) is 6.01 Å². The van der Waals surface area contributed by atoms with Crippen molar-refractivity contribution in [3.05, 3.63) is 11.5 Å². The topological polar surface area (TPSA) is 55.3 Å². The van der Waals surface area contributed by atoms with E-state index in [0.717, 1.165) is 31.2 Å². The largest absolute Gasteiger partial charge is 0.428 e. The van der Waals surface area contributed by atoms with E-state index in [1.165, 1.54) is 31.4 Å². The van der Waals surface area contributed by atoms with Crippen LogP contribution in [0.25, 0.3) is 0 Å². The van der Waals surface area contributed by atoms with Gasteiger partial charge < -0.3 is 15.1 Å². The quantitative estimate of drug-likeness (QED) is 0.822. The molecule has 1 aromatic heterocycles. The number of anilines is 1. The average molecular weight is 221 g/mol. The van der Waals surface area contributed by atoms with Gasteiger partial charge in [0, 0.05) is 25.6 Å². The molecule has 2 N–H and O–H groups in total. The van der Waals surface area contributed by atoms with E-state index in [2.05, 4.69) is 9.88 Å². The van der Waals surface area contributed by atoms with Crippen molar-refractivity contribution in [2.45, 2.75) is 44.6 Å². The Morgan fingerprint density at radius 3 is 3.00 bits per heavy atom. The molecule has 2 aliphatic rings. The van der Waals surface area contributed by atoms with Crippen molar-refractivity contribution in [1.82, 2.24) is 4.98 Å². The van der Waals surface area contributed by atoms with Gasteiger partial charge in [0.2, 0.25) is 0 Å². The first kappa shape index (κ1) is 10.1. The second kappa shape index (κ2) is 4.09. The van der Waals surface area contributed by atoms with Crippen LogP contribution < -0.4 is 10.6 Å². The zero-order valence-electron chi connectivity index (χ0n) is 9.61. The van der Waals surface area contributed by atoms with Crippen molar-refractivity contribution in [2.24, 2.45) is 5.73 Å². The smallest absolute Gasteiger partial charge is 0.297 e.